The Kier molecular flexibility index (Phi) is 3.69. The molecule has 0 bridgehead atoms. The van der Waals surface area contributed by atoms with E-state index in [-0.39, 0.29) is 5.91 Å². The third kappa shape index (κ3) is 2.79. The van der Waals surface area contributed by atoms with E-state index in [1.165, 1.54) is 6.26 Å². The molecule has 0 aliphatic rings. The summed E-state index contributed by atoms with van der Waals surface area (Å²) in [5.74, 6) is -0.211. The molecule has 5 heteroatoms. The molecule has 2 rings (SSSR count). The van der Waals surface area contributed by atoms with Crippen molar-refractivity contribution in [2.24, 2.45) is 0 Å². The zero-order chi connectivity index (χ0) is 12.4. The van der Waals surface area contributed by atoms with E-state index in [1.54, 1.807) is 6.07 Å². The van der Waals surface area contributed by atoms with Crippen LogP contribution in [0.4, 0.5) is 5.69 Å². The van der Waals surface area contributed by atoms with Gasteiger partial charge in [-0.15, -0.1) is 0 Å². The molecule has 0 saturated heterocycles. The normalized spacial score (nSPS) is 10.3. The zero-order valence-corrected chi connectivity index (χ0v) is 12.1. The molecular weight excluding hydrogens is 350 g/mol. The van der Waals surface area contributed by atoms with E-state index in [4.69, 9.17) is 4.42 Å². The Hall–Kier alpha value is -1.07. The van der Waals surface area contributed by atoms with Crippen LogP contribution in [0.15, 0.2) is 44.1 Å². The number of amides is 1. The van der Waals surface area contributed by atoms with Crippen molar-refractivity contribution in [3.8, 4) is 0 Å². The fraction of sp³-hybridized carbons (Fsp3) is 0.0833. The van der Waals surface area contributed by atoms with E-state index in [0.29, 0.717) is 10.2 Å². The maximum absolute atomic E-state index is 11.9. The highest BCUT2D eigenvalue weighted by molar-refractivity contribution is 9.10. The van der Waals surface area contributed by atoms with Crippen molar-refractivity contribution in [2.75, 3.05) is 5.32 Å². The molecule has 1 N–H and O–H groups in total. The lowest BCUT2D eigenvalue weighted by atomic mass is 10.2. The highest BCUT2D eigenvalue weighted by Crippen LogP contribution is 2.25. The molecule has 88 valence electrons. The Bertz CT molecular complexity index is 563. The minimum atomic E-state index is -0.211. The number of furan rings is 1. The molecule has 3 nitrogen and oxygen atoms in total. The summed E-state index contributed by atoms with van der Waals surface area (Å²) >= 11 is 6.56. The van der Waals surface area contributed by atoms with Crippen molar-refractivity contribution in [1.29, 1.82) is 0 Å². The maximum atomic E-state index is 11.9. The van der Waals surface area contributed by atoms with Crippen LogP contribution in [0.2, 0.25) is 0 Å². The largest absolute Gasteiger partial charge is 0.457 e. The first kappa shape index (κ1) is 12.4. The summed E-state index contributed by atoms with van der Waals surface area (Å²) in [5.41, 5.74) is 2.29. The van der Waals surface area contributed by atoms with Crippen molar-refractivity contribution in [1.82, 2.24) is 0 Å². The zero-order valence-electron chi connectivity index (χ0n) is 8.96. The van der Waals surface area contributed by atoms with Crippen LogP contribution < -0.4 is 5.32 Å². The van der Waals surface area contributed by atoms with Gasteiger partial charge in [-0.2, -0.15) is 0 Å². The Morgan fingerprint density at radius 2 is 2.06 bits per heavy atom. The molecule has 2 aromatic rings. The fourth-order valence-electron chi connectivity index (χ4n) is 1.38. The van der Waals surface area contributed by atoms with Crippen LogP contribution in [0.3, 0.4) is 0 Å². The summed E-state index contributed by atoms with van der Waals surface area (Å²) < 4.78 is 6.29. The van der Waals surface area contributed by atoms with Crippen LogP contribution in [0.1, 0.15) is 15.9 Å². The average Bonchev–Trinajstić information content (AvgIpc) is 2.70. The molecule has 0 radical (unpaired) electrons. The summed E-state index contributed by atoms with van der Waals surface area (Å²) in [6, 6.07) is 7.38. The van der Waals surface area contributed by atoms with Crippen molar-refractivity contribution >= 4 is 43.5 Å². The predicted molar refractivity (Wildman–Crippen MR) is 73.2 cm³/mol. The first-order valence-electron chi connectivity index (χ1n) is 4.88. The van der Waals surface area contributed by atoms with E-state index >= 15 is 0 Å². The number of carbonyl (C=O) groups excluding carboxylic acids is 1. The van der Waals surface area contributed by atoms with E-state index < -0.39 is 0 Å². The van der Waals surface area contributed by atoms with Gasteiger partial charge in [0.25, 0.3) is 5.91 Å². The Labute approximate surface area is 115 Å². The lowest BCUT2D eigenvalue weighted by Crippen LogP contribution is -2.12. The maximum Gasteiger partial charge on any atom is 0.260 e. The molecule has 0 atom stereocenters. The second-order valence-electron chi connectivity index (χ2n) is 3.55. The van der Waals surface area contributed by atoms with Gasteiger partial charge in [0.2, 0.25) is 0 Å². The van der Waals surface area contributed by atoms with Crippen LogP contribution in [0, 0.1) is 6.92 Å². The van der Waals surface area contributed by atoms with Gasteiger partial charge in [0.15, 0.2) is 4.67 Å². The smallest absolute Gasteiger partial charge is 0.260 e. The van der Waals surface area contributed by atoms with Gasteiger partial charge in [-0.05, 0) is 62.5 Å². The van der Waals surface area contributed by atoms with Gasteiger partial charge in [-0.3, -0.25) is 4.79 Å². The molecule has 17 heavy (non-hydrogen) atoms. The van der Waals surface area contributed by atoms with Crippen molar-refractivity contribution in [3.63, 3.8) is 0 Å². The predicted octanol–water partition coefficient (Wildman–Crippen LogP) is 4.37. The molecule has 0 aliphatic heterocycles. The summed E-state index contributed by atoms with van der Waals surface area (Å²) in [6.07, 6.45) is 1.46. The molecule has 1 heterocycles. The molecule has 1 aromatic heterocycles. The van der Waals surface area contributed by atoms with E-state index in [1.807, 2.05) is 25.1 Å². The van der Waals surface area contributed by atoms with Gasteiger partial charge in [0.1, 0.15) is 0 Å². The molecule has 0 aliphatic carbocycles. The topological polar surface area (TPSA) is 42.2 Å². The third-order valence-electron chi connectivity index (χ3n) is 2.23. The number of anilines is 1. The third-order valence-corrected chi connectivity index (χ3v) is 3.54. The van der Waals surface area contributed by atoms with E-state index in [0.717, 1.165) is 15.7 Å². The van der Waals surface area contributed by atoms with Crippen LogP contribution in [0.5, 0.6) is 0 Å². The van der Waals surface area contributed by atoms with Gasteiger partial charge < -0.3 is 9.73 Å². The van der Waals surface area contributed by atoms with Gasteiger partial charge in [0, 0.05) is 4.47 Å². The first-order valence-corrected chi connectivity index (χ1v) is 6.47. The number of halogens is 2. The van der Waals surface area contributed by atoms with E-state index in [9.17, 15) is 4.79 Å². The lowest BCUT2D eigenvalue weighted by Gasteiger charge is -2.07. The van der Waals surface area contributed by atoms with Crippen molar-refractivity contribution < 1.29 is 9.21 Å². The highest BCUT2D eigenvalue weighted by Gasteiger charge is 2.13. The van der Waals surface area contributed by atoms with E-state index in [2.05, 4.69) is 37.2 Å². The molecule has 1 aromatic carbocycles. The molecule has 0 fully saturated rings. The Morgan fingerprint density at radius 3 is 2.71 bits per heavy atom. The number of benzene rings is 1. The number of hydrogen-bond acceptors (Lipinski definition) is 2. The van der Waals surface area contributed by atoms with Gasteiger partial charge >= 0.3 is 0 Å². The summed E-state index contributed by atoms with van der Waals surface area (Å²) in [6.45, 7) is 1.97. The monoisotopic (exact) mass is 357 g/mol. The number of rotatable bonds is 2. The quantitative estimate of drug-likeness (QED) is 0.866. The standard InChI is InChI=1S/C12H9Br2NO2/c1-7-2-3-9(13)10(6-7)15-12(16)8-4-5-17-11(8)14/h2-6H,1H3,(H,15,16). The van der Waals surface area contributed by atoms with Crippen LogP contribution in [-0.2, 0) is 0 Å². The SMILES string of the molecule is Cc1ccc(Br)c(NC(=O)c2ccoc2Br)c1. The first-order chi connectivity index (χ1) is 8.08. The minimum absolute atomic E-state index is 0.211. The number of nitrogens with one attached hydrogen (secondary N) is 1. The molecular formula is C12H9Br2NO2. The molecule has 0 saturated carbocycles. The van der Waals surface area contributed by atoms with Crippen molar-refractivity contribution in [3.05, 3.63) is 50.8 Å². The Morgan fingerprint density at radius 1 is 1.29 bits per heavy atom. The van der Waals surface area contributed by atoms with Crippen molar-refractivity contribution in [2.45, 2.75) is 6.92 Å². The lowest BCUT2D eigenvalue weighted by molar-refractivity contribution is 0.102. The molecule has 0 spiro atoms. The fourth-order valence-corrected chi connectivity index (χ4v) is 2.15. The summed E-state index contributed by atoms with van der Waals surface area (Å²) in [7, 11) is 0. The average molecular weight is 359 g/mol. The number of aryl methyl sites for hydroxylation is 1. The van der Waals surface area contributed by atoms with Gasteiger partial charge in [-0.1, -0.05) is 6.07 Å². The second kappa shape index (κ2) is 5.06. The summed E-state index contributed by atoms with van der Waals surface area (Å²) in [5, 5.41) is 2.82. The van der Waals surface area contributed by atoms with Crippen LogP contribution >= 0.6 is 31.9 Å². The number of carbonyl (C=O) groups is 1. The Balaban J connectivity index is 2.24. The molecule has 1 amide bonds. The molecule has 0 unspecified atom stereocenters. The minimum Gasteiger partial charge on any atom is -0.457 e. The van der Waals surface area contributed by atoms with Gasteiger partial charge in [-0.25, -0.2) is 0 Å². The van der Waals surface area contributed by atoms with Gasteiger partial charge in [0.05, 0.1) is 17.5 Å². The highest BCUT2D eigenvalue weighted by atomic mass is 79.9. The summed E-state index contributed by atoms with van der Waals surface area (Å²) in [4.78, 5) is 11.9. The number of hydrogen-bond donors (Lipinski definition) is 1. The van der Waals surface area contributed by atoms with Crippen LogP contribution in [-0.4, -0.2) is 5.91 Å². The second-order valence-corrected chi connectivity index (χ2v) is 5.12. The van der Waals surface area contributed by atoms with Crippen LogP contribution in [0.25, 0.3) is 0 Å².